The molecule has 5 nitrogen and oxygen atoms in total. The maximum Gasteiger partial charge on any atom is 0.127 e. The lowest BCUT2D eigenvalue weighted by molar-refractivity contribution is 0.299. The summed E-state index contributed by atoms with van der Waals surface area (Å²) in [5.41, 5.74) is 1.90. The Balaban J connectivity index is 1.33. The molecule has 0 aliphatic carbocycles. The number of hydrogen-bond donors (Lipinski definition) is 0. The molecule has 0 radical (unpaired) electrons. The minimum Gasteiger partial charge on any atom is -0.492 e. The second kappa shape index (κ2) is 7.23. The van der Waals surface area contributed by atoms with Gasteiger partial charge in [0.1, 0.15) is 35.2 Å². The van der Waals surface area contributed by atoms with Gasteiger partial charge >= 0.3 is 0 Å². The van der Waals surface area contributed by atoms with Crippen LogP contribution in [0.3, 0.4) is 0 Å². The van der Waals surface area contributed by atoms with Crippen LogP contribution in [0.4, 0.5) is 4.39 Å². The summed E-state index contributed by atoms with van der Waals surface area (Å²) in [5.74, 6) is 1.71. The minimum absolute atomic E-state index is 0.289. The predicted molar refractivity (Wildman–Crippen MR) is 95.9 cm³/mol. The molecule has 0 aliphatic heterocycles. The van der Waals surface area contributed by atoms with Crippen molar-refractivity contribution in [1.82, 2.24) is 14.5 Å². The lowest BCUT2D eigenvalue weighted by Gasteiger charge is -2.09. The first kappa shape index (κ1) is 16.1. The van der Waals surface area contributed by atoms with Gasteiger partial charge in [-0.2, -0.15) is 0 Å². The number of aromatic nitrogens is 3. The molecule has 0 amide bonds. The van der Waals surface area contributed by atoms with Crippen molar-refractivity contribution in [2.45, 2.75) is 6.54 Å². The summed E-state index contributed by atoms with van der Waals surface area (Å²) in [7, 11) is 0. The van der Waals surface area contributed by atoms with Gasteiger partial charge in [-0.3, -0.25) is 4.98 Å². The summed E-state index contributed by atoms with van der Waals surface area (Å²) in [4.78, 5) is 8.37. The summed E-state index contributed by atoms with van der Waals surface area (Å²) in [6, 6.07) is 15.2. The molecule has 130 valence electrons. The Morgan fingerprint density at radius 2 is 1.58 bits per heavy atom. The number of imidazole rings is 1. The first-order valence-corrected chi connectivity index (χ1v) is 8.19. The molecule has 26 heavy (non-hydrogen) atoms. The van der Waals surface area contributed by atoms with Crippen LogP contribution in [-0.2, 0) is 6.54 Å². The molecule has 0 N–H and O–H groups in total. The molecule has 0 spiro atoms. The number of nitrogens with zero attached hydrogens (tertiary/aromatic N) is 3. The molecule has 0 atom stereocenters. The van der Waals surface area contributed by atoms with Gasteiger partial charge in [0, 0.05) is 6.20 Å². The van der Waals surface area contributed by atoms with E-state index in [0.717, 1.165) is 16.8 Å². The molecule has 0 aliphatic rings. The van der Waals surface area contributed by atoms with Crippen LogP contribution in [0.1, 0.15) is 0 Å². The van der Waals surface area contributed by atoms with Gasteiger partial charge in [0.2, 0.25) is 0 Å². The van der Waals surface area contributed by atoms with Crippen molar-refractivity contribution in [3.05, 3.63) is 79.1 Å². The Hall–Kier alpha value is -3.41. The van der Waals surface area contributed by atoms with Crippen molar-refractivity contribution < 1.29 is 13.9 Å². The van der Waals surface area contributed by atoms with Crippen molar-refractivity contribution in [3.63, 3.8) is 0 Å². The Bertz CT molecular complexity index is 998. The molecule has 0 saturated carbocycles. The fourth-order valence-electron chi connectivity index (χ4n) is 2.60. The van der Waals surface area contributed by atoms with E-state index in [1.165, 1.54) is 12.1 Å². The van der Waals surface area contributed by atoms with Gasteiger partial charge in [0.25, 0.3) is 0 Å². The second-order valence-electron chi connectivity index (χ2n) is 5.68. The van der Waals surface area contributed by atoms with Crippen molar-refractivity contribution in [3.8, 4) is 17.2 Å². The maximum absolute atomic E-state index is 12.9. The molecule has 0 saturated heterocycles. The van der Waals surface area contributed by atoms with E-state index >= 15 is 0 Å². The van der Waals surface area contributed by atoms with E-state index in [4.69, 9.17) is 9.47 Å². The molecule has 2 aromatic heterocycles. The third kappa shape index (κ3) is 3.64. The minimum atomic E-state index is -0.289. The van der Waals surface area contributed by atoms with Crippen LogP contribution in [0.5, 0.6) is 17.2 Å². The fraction of sp³-hybridized carbons (Fsp3) is 0.100. The SMILES string of the molecule is Fc1ccc(Oc2ccc(OCCn3cnc4cnccc43)cc2)cc1. The van der Waals surface area contributed by atoms with Gasteiger partial charge in [0.15, 0.2) is 0 Å². The number of benzene rings is 2. The van der Waals surface area contributed by atoms with Gasteiger partial charge in [0.05, 0.1) is 24.6 Å². The molecular formula is C20H16FN3O2. The zero-order valence-corrected chi connectivity index (χ0v) is 13.9. The van der Waals surface area contributed by atoms with Gasteiger partial charge in [-0.15, -0.1) is 0 Å². The van der Waals surface area contributed by atoms with Gasteiger partial charge in [-0.05, 0) is 54.6 Å². The topological polar surface area (TPSA) is 49.2 Å². The maximum atomic E-state index is 12.9. The quantitative estimate of drug-likeness (QED) is 0.516. The van der Waals surface area contributed by atoms with Crippen molar-refractivity contribution in [2.24, 2.45) is 0 Å². The standard InChI is InChI=1S/C20H16FN3O2/c21-15-1-3-17(4-2-15)26-18-7-5-16(6-8-18)25-12-11-24-14-23-19-13-22-10-9-20(19)24/h1-10,13-14H,11-12H2. The Morgan fingerprint density at radius 3 is 2.35 bits per heavy atom. The lowest BCUT2D eigenvalue weighted by atomic mass is 10.3. The number of hydrogen-bond acceptors (Lipinski definition) is 4. The van der Waals surface area contributed by atoms with E-state index in [9.17, 15) is 4.39 Å². The van der Waals surface area contributed by atoms with E-state index in [1.807, 2.05) is 34.9 Å². The highest BCUT2D eigenvalue weighted by Crippen LogP contribution is 2.24. The van der Waals surface area contributed by atoms with Crippen LogP contribution in [0.25, 0.3) is 11.0 Å². The Kier molecular flexibility index (Phi) is 4.47. The summed E-state index contributed by atoms with van der Waals surface area (Å²) in [6.07, 6.45) is 5.28. The molecule has 2 aromatic carbocycles. The van der Waals surface area contributed by atoms with Crippen LogP contribution in [0.2, 0.25) is 0 Å². The summed E-state index contributed by atoms with van der Waals surface area (Å²) >= 11 is 0. The zero-order valence-electron chi connectivity index (χ0n) is 13.9. The first-order chi connectivity index (χ1) is 12.8. The molecule has 4 rings (SSSR count). The Morgan fingerprint density at radius 1 is 0.885 bits per heavy atom. The molecular weight excluding hydrogens is 333 g/mol. The van der Waals surface area contributed by atoms with Gasteiger partial charge in [-0.25, -0.2) is 9.37 Å². The predicted octanol–water partition coefficient (Wildman–Crippen LogP) is 4.44. The highest BCUT2D eigenvalue weighted by Gasteiger charge is 2.03. The summed E-state index contributed by atoms with van der Waals surface area (Å²) in [5, 5.41) is 0. The largest absolute Gasteiger partial charge is 0.492 e. The lowest BCUT2D eigenvalue weighted by Crippen LogP contribution is -2.07. The van der Waals surface area contributed by atoms with Gasteiger partial charge in [-0.1, -0.05) is 0 Å². The molecule has 0 unspecified atom stereocenters. The molecule has 0 bridgehead atoms. The number of pyridine rings is 1. The van der Waals surface area contributed by atoms with Crippen LogP contribution in [0.15, 0.2) is 73.3 Å². The summed E-state index contributed by atoms with van der Waals surface area (Å²) < 4.78 is 26.4. The van der Waals surface area contributed by atoms with E-state index in [0.29, 0.717) is 24.7 Å². The number of ether oxygens (including phenoxy) is 2. The van der Waals surface area contributed by atoms with Gasteiger partial charge < -0.3 is 14.0 Å². The van der Waals surface area contributed by atoms with E-state index < -0.39 is 0 Å². The van der Waals surface area contributed by atoms with Crippen molar-refractivity contribution >= 4 is 11.0 Å². The number of rotatable bonds is 6. The zero-order chi connectivity index (χ0) is 17.8. The monoisotopic (exact) mass is 349 g/mol. The van der Waals surface area contributed by atoms with Crippen LogP contribution >= 0.6 is 0 Å². The molecule has 4 aromatic rings. The first-order valence-electron chi connectivity index (χ1n) is 8.19. The average Bonchev–Trinajstić information content (AvgIpc) is 3.08. The smallest absolute Gasteiger partial charge is 0.127 e. The van der Waals surface area contributed by atoms with E-state index in [1.54, 1.807) is 30.9 Å². The van der Waals surface area contributed by atoms with E-state index in [-0.39, 0.29) is 5.82 Å². The second-order valence-corrected chi connectivity index (χ2v) is 5.68. The third-order valence-corrected chi connectivity index (χ3v) is 3.90. The normalized spacial score (nSPS) is 10.8. The number of fused-ring (bicyclic) bond motifs is 1. The van der Waals surface area contributed by atoms with Crippen LogP contribution < -0.4 is 9.47 Å². The molecule has 6 heteroatoms. The molecule has 2 heterocycles. The highest BCUT2D eigenvalue weighted by atomic mass is 19.1. The third-order valence-electron chi connectivity index (χ3n) is 3.90. The average molecular weight is 349 g/mol. The van der Waals surface area contributed by atoms with Crippen LogP contribution in [0, 0.1) is 5.82 Å². The fourth-order valence-corrected chi connectivity index (χ4v) is 2.60. The summed E-state index contributed by atoms with van der Waals surface area (Å²) in [6.45, 7) is 1.21. The molecule has 0 fully saturated rings. The van der Waals surface area contributed by atoms with Crippen LogP contribution in [-0.4, -0.2) is 21.1 Å². The van der Waals surface area contributed by atoms with E-state index in [2.05, 4.69) is 9.97 Å². The van der Waals surface area contributed by atoms with Crippen molar-refractivity contribution in [1.29, 1.82) is 0 Å². The highest BCUT2D eigenvalue weighted by molar-refractivity contribution is 5.73. The van der Waals surface area contributed by atoms with Crippen molar-refractivity contribution in [2.75, 3.05) is 6.61 Å². The number of halogens is 1. The Labute approximate surface area is 149 Å².